The predicted molar refractivity (Wildman–Crippen MR) is 136 cm³/mol. The largest absolute Gasteiger partial charge is 0.481 e. The van der Waals surface area contributed by atoms with Crippen molar-refractivity contribution in [2.45, 2.75) is 26.2 Å². The van der Waals surface area contributed by atoms with Gasteiger partial charge in [-0.1, -0.05) is 18.2 Å². The van der Waals surface area contributed by atoms with E-state index in [1.54, 1.807) is 13.8 Å². The first-order valence-corrected chi connectivity index (χ1v) is 11.6. The molecule has 4 aromatic rings. The van der Waals surface area contributed by atoms with E-state index < -0.39 is 11.4 Å². The van der Waals surface area contributed by atoms with E-state index in [1.807, 2.05) is 36.5 Å². The lowest BCUT2D eigenvalue weighted by Crippen LogP contribution is -2.46. The summed E-state index contributed by atoms with van der Waals surface area (Å²) < 4.78 is 0. The zero-order valence-corrected chi connectivity index (χ0v) is 19.7. The molecule has 1 fully saturated rings. The molecule has 1 aliphatic heterocycles. The molecule has 174 valence electrons. The normalized spacial score (nSPS) is 14.6. The fraction of sp³-hybridized carbons (Fsp3) is 0.296. The van der Waals surface area contributed by atoms with Crippen molar-refractivity contribution in [3.8, 4) is 11.4 Å². The molecular formula is C27H29N5O2. The quantitative estimate of drug-likeness (QED) is 0.457. The molecule has 1 saturated heterocycles. The molecule has 0 aliphatic carbocycles. The van der Waals surface area contributed by atoms with Crippen LogP contribution in [0.1, 0.15) is 25.0 Å². The van der Waals surface area contributed by atoms with Gasteiger partial charge in [-0.15, -0.1) is 0 Å². The Balaban J connectivity index is 1.23. The van der Waals surface area contributed by atoms with Crippen molar-refractivity contribution >= 4 is 28.5 Å². The summed E-state index contributed by atoms with van der Waals surface area (Å²) >= 11 is 0. The molecule has 2 aromatic carbocycles. The number of aliphatic carboxylic acids is 1. The summed E-state index contributed by atoms with van der Waals surface area (Å²) in [6.07, 6.45) is 1.88. The third-order valence-corrected chi connectivity index (χ3v) is 6.75. The summed E-state index contributed by atoms with van der Waals surface area (Å²) in [7, 11) is 0. The Morgan fingerprint density at radius 1 is 0.971 bits per heavy atom. The van der Waals surface area contributed by atoms with Crippen LogP contribution >= 0.6 is 0 Å². The highest BCUT2D eigenvalue weighted by Crippen LogP contribution is 2.27. The molecule has 7 heteroatoms. The van der Waals surface area contributed by atoms with Crippen molar-refractivity contribution in [1.82, 2.24) is 15.0 Å². The number of imidazole rings is 1. The van der Waals surface area contributed by atoms with E-state index in [2.05, 4.69) is 46.0 Å². The SMILES string of the molecule is Cc1ccc2nc(-c3ccc(N4CCN(c5ccc(C(C)(C)C(=O)O)cc5)CC4)nc3)[nH]c2c1. The molecule has 0 radical (unpaired) electrons. The molecule has 0 unspecified atom stereocenters. The van der Waals surface area contributed by atoms with E-state index in [0.717, 1.165) is 65.7 Å². The number of fused-ring (bicyclic) bond motifs is 1. The number of pyridine rings is 1. The van der Waals surface area contributed by atoms with Crippen LogP contribution in [0.4, 0.5) is 11.5 Å². The zero-order valence-electron chi connectivity index (χ0n) is 19.7. The molecule has 0 amide bonds. The number of rotatable bonds is 5. The molecule has 0 bridgehead atoms. The van der Waals surface area contributed by atoms with Crippen molar-refractivity contribution in [2.75, 3.05) is 36.0 Å². The number of benzene rings is 2. The van der Waals surface area contributed by atoms with Gasteiger partial charge < -0.3 is 19.9 Å². The maximum Gasteiger partial charge on any atom is 0.313 e. The molecule has 3 heterocycles. The minimum atomic E-state index is -0.892. The van der Waals surface area contributed by atoms with Crippen molar-refractivity contribution in [3.05, 3.63) is 71.9 Å². The first kappa shape index (κ1) is 21.9. The van der Waals surface area contributed by atoms with Crippen molar-refractivity contribution < 1.29 is 9.90 Å². The van der Waals surface area contributed by atoms with Crippen LogP contribution in [0.3, 0.4) is 0 Å². The monoisotopic (exact) mass is 455 g/mol. The molecule has 7 nitrogen and oxygen atoms in total. The Labute approximate surface area is 199 Å². The number of H-pyrrole nitrogens is 1. The summed E-state index contributed by atoms with van der Waals surface area (Å²) in [6, 6.07) is 18.2. The highest BCUT2D eigenvalue weighted by molar-refractivity contribution is 5.81. The molecule has 34 heavy (non-hydrogen) atoms. The topological polar surface area (TPSA) is 85.3 Å². The lowest BCUT2D eigenvalue weighted by molar-refractivity contribution is -0.142. The van der Waals surface area contributed by atoms with Gasteiger partial charge in [-0.25, -0.2) is 9.97 Å². The Kier molecular flexibility index (Phi) is 5.48. The number of nitrogens with one attached hydrogen (secondary N) is 1. The van der Waals surface area contributed by atoms with Gasteiger partial charge in [0.15, 0.2) is 0 Å². The second-order valence-corrected chi connectivity index (χ2v) is 9.46. The number of carboxylic acids is 1. The molecule has 2 aromatic heterocycles. The van der Waals surface area contributed by atoms with E-state index in [-0.39, 0.29) is 0 Å². The van der Waals surface area contributed by atoms with Crippen LogP contribution in [0.15, 0.2) is 60.8 Å². The summed E-state index contributed by atoms with van der Waals surface area (Å²) in [5.74, 6) is 0.982. The van der Waals surface area contributed by atoms with Gasteiger partial charge in [0.25, 0.3) is 0 Å². The fourth-order valence-electron chi connectivity index (χ4n) is 4.38. The maximum absolute atomic E-state index is 11.5. The average Bonchev–Trinajstić information content (AvgIpc) is 3.27. The van der Waals surface area contributed by atoms with Crippen LogP contribution < -0.4 is 9.80 Å². The van der Waals surface area contributed by atoms with Gasteiger partial charge in [0.05, 0.1) is 16.4 Å². The summed E-state index contributed by atoms with van der Waals surface area (Å²) in [5, 5.41) is 9.45. The molecule has 0 atom stereocenters. The van der Waals surface area contributed by atoms with Crippen molar-refractivity contribution in [1.29, 1.82) is 0 Å². The van der Waals surface area contributed by atoms with Crippen molar-refractivity contribution in [3.63, 3.8) is 0 Å². The number of hydrogen-bond donors (Lipinski definition) is 2. The van der Waals surface area contributed by atoms with Gasteiger partial charge in [0.2, 0.25) is 0 Å². The number of hydrogen-bond acceptors (Lipinski definition) is 5. The van der Waals surface area contributed by atoms with E-state index >= 15 is 0 Å². The van der Waals surface area contributed by atoms with Crippen LogP contribution in [0.25, 0.3) is 22.4 Å². The van der Waals surface area contributed by atoms with E-state index in [0.29, 0.717) is 0 Å². The van der Waals surface area contributed by atoms with E-state index in [9.17, 15) is 9.90 Å². The van der Waals surface area contributed by atoms with Crippen LogP contribution in [-0.4, -0.2) is 52.2 Å². The zero-order chi connectivity index (χ0) is 23.9. The molecule has 1 aliphatic rings. The van der Waals surface area contributed by atoms with Crippen LogP contribution in [0.2, 0.25) is 0 Å². The average molecular weight is 456 g/mol. The fourth-order valence-corrected chi connectivity index (χ4v) is 4.38. The standard InChI is InChI=1S/C27H29N5O2/c1-18-4-10-22-23(16-18)30-25(29-22)19-5-11-24(28-17-19)32-14-12-31(13-15-32)21-8-6-20(7-9-21)27(2,3)26(33)34/h4-11,16-17H,12-15H2,1-3H3,(H,29,30)(H,33,34). The van der Waals surface area contributed by atoms with Crippen LogP contribution in [0, 0.1) is 6.92 Å². The van der Waals surface area contributed by atoms with Crippen LogP contribution in [-0.2, 0) is 10.2 Å². The Morgan fingerprint density at radius 2 is 1.68 bits per heavy atom. The minimum absolute atomic E-state index is 0.811. The molecular weight excluding hydrogens is 426 g/mol. The molecule has 5 rings (SSSR count). The van der Waals surface area contributed by atoms with Gasteiger partial charge in [0, 0.05) is 43.6 Å². The number of carboxylic acid groups (broad SMARTS) is 1. The Hall–Kier alpha value is -3.87. The summed E-state index contributed by atoms with van der Waals surface area (Å²) in [6.45, 7) is 9.05. The second kappa shape index (κ2) is 8.48. The first-order valence-electron chi connectivity index (χ1n) is 11.6. The highest BCUT2D eigenvalue weighted by Gasteiger charge is 2.29. The van der Waals surface area contributed by atoms with E-state index in [1.165, 1.54) is 5.56 Å². The Bertz CT molecular complexity index is 1320. The smallest absolute Gasteiger partial charge is 0.313 e. The number of aromatic nitrogens is 3. The summed E-state index contributed by atoms with van der Waals surface area (Å²) in [5.41, 5.74) is 5.21. The first-order chi connectivity index (χ1) is 16.3. The number of carbonyl (C=O) groups is 1. The molecule has 2 N–H and O–H groups in total. The number of anilines is 2. The van der Waals surface area contributed by atoms with Gasteiger partial charge in [-0.2, -0.15) is 0 Å². The third kappa shape index (κ3) is 4.09. The predicted octanol–water partition coefficient (Wildman–Crippen LogP) is 4.62. The van der Waals surface area contributed by atoms with Gasteiger partial charge in [-0.3, -0.25) is 4.79 Å². The van der Waals surface area contributed by atoms with E-state index in [4.69, 9.17) is 9.97 Å². The maximum atomic E-state index is 11.5. The lowest BCUT2D eigenvalue weighted by atomic mass is 9.85. The molecule has 0 spiro atoms. The minimum Gasteiger partial charge on any atom is -0.481 e. The highest BCUT2D eigenvalue weighted by atomic mass is 16.4. The van der Waals surface area contributed by atoms with Gasteiger partial charge in [0.1, 0.15) is 11.6 Å². The molecule has 0 saturated carbocycles. The second-order valence-electron chi connectivity index (χ2n) is 9.46. The van der Waals surface area contributed by atoms with Gasteiger partial charge >= 0.3 is 5.97 Å². The number of aryl methyl sites for hydroxylation is 1. The van der Waals surface area contributed by atoms with Crippen LogP contribution in [0.5, 0.6) is 0 Å². The van der Waals surface area contributed by atoms with Gasteiger partial charge in [-0.05, 0) is 68.3 Å². The third-order valence-electron chi connectivity index (χ3n) is 6.75. The Morgan fingerprint density at radius 3 is 2.32 bits per heavy atom. The lowest BCUT2D eigenvalue weighted by Gasteiger charge is -2.37. The number of nitrogens with zero attached hydrogens (tertiary/aromatic N) is 4. The summed E-state index contributed by atoms with van der Waals surface area (Å²) in [4.78, 5) is 28.9. The van der Waals surface area contributed by atoms with Crippen molar-refractivity contribution in [2.24, 2.45) is 0 Å². The number of aromatic amines is 1. The number of piperazine rings is 1.